The smallest absolute Gasteiger partial charge is 0.321 e. The van der Waals surface area contributed by atoms with E-state index >= 15 is 0 Å². The van der Waals surface area contributed by atoms with Crippen molar-refractivity contribution in [1.29, 1.82) is 0 Å². The lowest BCUT2D eigenvalue weighted by Crippen LogP contribution is -2.41. The highest BCUT2D eigenvalue weighted by molar-refractivity contribution is 5.95. The second-order valence-corrected chi connectivity index (χ2v) is 5.68. The zero-order valence-corrected chi connectivity index (χ0v) is 16.3. The maximum atomic E-state index is 12.0. The van der Waals surface area contributed by atoms with Crippen LogP contribution in [0.5, 0.6) is 17.2 Å². The van der Waals surface area contributed by atoms with Gasteiger partial charge in [0.25, 0.3) is 5.91 Å². The van der Waals surface area contributed by atoms with Gasteiger partial charge < -0.3 is 28.7 Å². The average molecular weight is 406 g/mol. The Kier molecular flexibility index (Phi) is 7.89. The Morgan fingerprint density at radius 1 is 1.03 bits per heavy atom. The Hall–Kier alpha value is -3.69. The molecule has 3 amide bonds. The average Bonchev–Trinajstić information content (AvgIpc) is 3.23. The monoisotopic (exact) mass is 406 g/mol. The third-order valence-corrected chi connectivity index (χ3v) is 3.69. The third kappa shape index (κ3) is 6.45. The van der Waals surface area contributed by atoms with Crippen molar-refractivity contribution in [2.75, 3.05) is 27.9 Å². The van der Waals surface area contributed by atoms with Crippen LogP contribution in [0.3, 0.4) is 0 Å². The number of nitrogens with one attached hydrogen (secondary N) is 2. The maximum Gasteiger partial charge on any atom is 0.321 e. The van der Waals surface area contributed by atoms with E-state index in [1.807, 2.05) is 5.32 Å². The van der Waals surface area contributed by atoms with Crippen LogP contribution in [0, 0.1) is 0 Å². The lowest BCUT2D eigenvalue weighted by molar-refractivity contribution is -0.147. The Balaban J connectivity index is 1.81. The van der Waals surface area contributed by atoms with E-state index < -0.39 is 24.5 Å². The number of methoxy groups -OCH3 is 3. The Morgan fingerprint density at radius 2 is 1.72 bits per heavy atom. The zero-order chi connectivity index (χ0) is 21.2. The molecule has 156 valence electrons. The Bertz CT molecular complexity index is 823. The summed E-state index contributed by atoms with van der Waals surface area (Å²) >= 11 is 0. The molecule has 0 radical (unpaired) electrons. The number of carbonyl (C=O) groups is 3. The molecule has 0 atom stereocenters. The molecule has 0 fully saturated rings. The summed E-state index contributed by atoms with van der Waals surface area (Å²) in [5.74, 6) is 0.281. The van der Waals surface area contributed by atoms with Gasteiger partial charge in [-0.2, -0.15) is 0 Å². The van der Waals surface area contributed by atoms with E-state index in [1.165, 1.54) is 27.6 Å². The number of hydrogen-bond acceptors (Lipinski definition) is 8. The maximum absolute atomic E-state index is 12.0. The van der Waals surface area contributed by atoms with Crippen molar-refractivity contribution in [3.8, 4) is 17.2 Å². The van der Waals surface area contributed by atoms with Crippen molar-refractivity contribution >= 4 is 17.9 Å². The standard InChI is InChI=1S/C19H22N2O8/c1-25-14-7-12(8-15(26-2)18(14)27-3)9-17(23)29-11-16(22)21-19(24)20-10-13-5-4-6-28-13/h4-8H,9-11H2,1-3H3,(H2,20,21,22,24). The molecule has 0 aliphatic rings. The molecular formula is C19H22N2O8. The first-order chi connectivity index (χ1) is 14.0. The van der Waals surface area contributed by atoms with Gasteiger partial charge in [-0.3, -0.25) is 14.9 Å². The first kappa shape index (κ1) is 21.6. The van der Waals surface area contributed by atoms with Gasteiger partial charge in [-0.15, -0.1) is 0 Å². The molecule has 0 aliphatic heterocycles. The van der Waals surface area contributed by atoms with E-state index in [2.05, 4.69) is 5.32 Å². The summed E-state index contributed by atoms with van der Waals surface area (Å²) in [6, 6.07) is 5.82. The van der Waals surface area contributed by atoms with Crippen LogP contribution in [0.2, 0.25) is 0 Å². The van der Waals surface area contributed by atoms with Crippen LogP contribution in [-0.4, -0.2) is 45.8 Å². The Labute approximate surface area is 167 Å². The summed E-state index contributed by atoms with van der Waals surface area (Å²) in [5, 5.41) is 4.48. The van der Waals surface area contributed by atoms with Gasteiger partial charge in [0.15, 0.2) is 18.1 Å². The molecule has 2 aromatic rings. The number of imide groups is 1. The van der Waals surface area contributed by atoms with E-state index in [1.54, 1.807) is 24.3 Å². The molecule has 10 heteroatoms. The van der Waals surface area contributed by atoms with Crippen LogP contribution in [0.25, 0.3) is 0 Å². The molecule has 0 bridgehead atoms. The fourth-order valence-corrected chi connectivity index (χ4v) is 2.39. The molecule has 0 aliphatic carbocycles. The predicted molar refractivity (Wildman–Crippen MR) is 99.8 cm³/mol. The number of rotatable bonds is 9. The molecular weight excluding hydrogens is 384 g/mol. The molecule has 2 N–H and O–H groups in total. The third-order valence-electron chi connectivity index (χ3n) is 3.69. The highest BCUT2D eigenvalue weighted by atomic mass is 16.5. The first-order valence-corrected chi connectivity index (χ1v) is 8.51. The van der Waals surface area contributed by atoms with Crippen LogP contribution >= 0.6 is 0 Å². The number of furan rings is 1. The minimum Gasteiger partial charge on any atom is -0.493 e. The molecule has 10 nitrogen and oxygen atoms in total. The quantitative estimate of drug-likeness (QED) is 0.599. The van der Waals surface area contributed by atoms with Gasteiger partial charge in [-0.25, -0.2) is 4.79 Å². The molecule has 0 saturated carbocycles. The molecule has 1 aromatic heterocycles. The lowest BCUT2D eigenvalue weighted by atomic mass is 10.1. The van der Waals surface area contributed by atoms with E-state index in [0.29, 0.717) is 28.6 Å². The van der Waals surface area contributed by atoms with Crippen molar-refractivity contribution in [3.63, 3.8) is 0 Å². The summed E-state index contributed by atoms with van der Waals surface area (Å²) in [6.45, 7) is -0.482. The van der Waals surface area contributed by atoms with Crippen LogP contribution in [-0.2, 0) is 27.3 Å². The largest absolute Gasteiger partial charge is 0.493 e. The van der Waals surface area contributed by atoms with E-state index in [0.717, 1.165) is 0 Å². The number of urea groups is 1. The summed E-state index contributed by atoms with van der Waals surface area (Å²) in [6.07, 6.45) is 1.34. The number of ether oxygens (including phenoxy) is 4. The van der Waals surface area contributed by atoms with Crippen molar-refractivity contribution in [1.82, 2.24) is 10.6 Å². The number of amides is 3. The molecule has 0 unspecified atom stereocenters. The van der Waals surface area contributed by atoms with Gasteiger partial charge in [-0.1, -0.05) is 0 Å². The number of carbonyl (C=O) groups excluding carboxylic acids is 3. The van der Waals surface area contributed by atoms with Gasteiger partial charge in [0, 0.05) is 0 Å². The predicted octanol–water partition coefficient (Wildman–Crippen LogP) is 1.42. The second-order valence-electron chi connectivity index (χ2n) is 5.68. The highest BCUT2D eigenvalue weighted by Gasteiger charge is 2.16. The van der Waals surface area contributed by atoms with Crippen molar-refractivity contribution in [2.24, 2.45) is 0 Å². The van der Waals surface area contributed by atoms with Gasteiger partial charge in [0.05, 0.1) is 40.6 Å². The topological polar surface area (TPSA) is 125 Å². The minimum atomic E-state index is -0.764. The summed E-state index contributed by atoms with van der Waals surface area (Å²) in [4.78, 5) is 35.4. The Morgan fingerprint density at radius 3 is 2.28 bits per heavy atom. The van der Waals surface area contributed by atoms with Gasteiger partial charge >= 0.3 is 12.0 Å². The summed E-state index contributed by atoms with van der Waals surface area (Å²) < 4.78 is 25.6. The summed E-state index contributed by atoms with van der Waals surface area (Å²) in [5.41, 5.74) is 0.543. The molecule has 0 saturated heterocycles. The van der Waals surface area contributed by atoms with Gasteiger partial charge in [0.2, 0.25) is 5.75 Å². The fourth-order valence-electron chi connectivity index (χ4n) is 2.39. The lowest BCUT2D eigenvalue weighted by Gasteiger charge is -2.14. The molecule has 2 rings (SSSR count). The van der Waals surface area contributed by atoms with Gasteiger partial charge in [-0.05, 0) is 29.8 Å². The SMILES string of the molecule is COc1cc(CC(=O)OCC(=O)NC(=O)NCc2ccco2)cc(OC)c1OC. The fraction of sp³-hybridized carbons (Fsp3) is 0.316. The molecule has 0 spiro atoms. The van der Waals surface area contributed by atoms with E-state index in [-0.39, 0.29) is 13.0 Å². The van der Waals surface area contributed by atoms with Gasteiger partial charge in [0.1, 0.15) is 5.76 Å². The normalized spacial score (nSPS) is 10.0. The molecule has 1 aromatic carbocycles. The molecule has 1 heterocycles. The number of hydrogen-bond donors (Lipinski definition) is 2. The van der Waals surface area contributed by atoms with Crippen molar-refractivity contribution in [2.45, 2.75) is 13.0 Å². The minimum absolute atomic E-state index is 0.118. The zero-order valence-electron chi connectivity index (χ0n) is 16.3. The number of esters is 1. The summed E-state index contributed by atoms with van der Waals surface area (Å²) in [7, 11) is 4.39. The second kappa shape index (κ2) is 10.6. The van der Waals surface area contributed by atoms with Crippen molar-refractivity contribution in [3.05, 3.63) is 41.9 Å². The molecule has 29 heavy (non-hydrogen) atoms. The van der Waals surface area contributed by atoms with E-state index in [4.69, 9.17) is 23.4 Å². The highest BCUT2D eigenvalue weighted by Crippen LogP contribution is 2.38. The van der Waals surface area contributed by atoms with E-state index in [9.17, 15) is 14.4 Å². The van der Waals surface area contributed by atoms with Crippen LogP contribution in [0.4, 0.5) is 4.79 Å². The van der Waals surface area contributed by atoms with Crippen LogP contribution in [0.1, 0.15) is 11.3 Å². The van der Waals surface area contributed by atoms with Crippen LogP contribution in [0.15, 0.2) is 34.9 Å². The van der Waals surface area contributed by atoms with Crippen LogP contribution < -0.4 is 24.8 Å². The first-order valence-electron chi connectivity index (χ1n) is 8.51. The van der Waals surface area contributed by atoms with Crippen molar-refractivity contribution < 1.29 is 37.7 Å². The number of benzene rings is 1.